The number of imidazole rings is 1. The van der Waals surface area contributed by atoms with Crippen molar-refractivity contribution in [3.8, 4) is 0 Å². The van der Waals surface area contributed by atoms with Crippen LogP contribution in [0.4, 0.5) is 11.5 Å². The summed E-state index contributed by atoms with van der Waals surface area (Å²) < 4.78 is 2.00. The van der Waals surface area contributed by atoms with Gasteiger partial charge in [0, 0.05) is 63.3 Å². The molecule has 1 N–H and O–H groups in total. The number of halogens is 1. The first-order chi connectivity index (χ1) is 18.2. The molecule has 0 radical (unpaired) electrons. The van der Waals surface area contributed by atoms with Crippen LogP contribution in [0.15, 0.2) is 66.8 Å². The molecule has 0 bridgehead atoms. The summed E-state index contributed by atoms with van der Waals surface area (Å²) in [5.41, 5.74) is 4.08. The number of fused-ring (bicyclic) bond motifs is 1. The number of hydrogen-bond donors (Lipinski definition) is 1. The van der Waals surface area contributed by atoms with Gasteiger partial charge in [-0.3, -0.25) is 14.2 Å². The van der Waals surface area contributed by atoms with E-state index in [9.17, 15) is 4.79 Å². The fourth-order valence-electron chi connectivity index (χ4n) is 5.56. The van der Waals surface area contributed by atoms with E-state index in [1.165, 1.54) is 18.5 Å². The van der Waals surface area contributed by atoms with E-state index >= 15 is 0 Å². The van der Waals surface area contributed by atoms with Gasteiger partial charge < -0.3 is 20.0 Å². The number of piperazine rings is 1. The molecule has 8 nitrogen and oxygen atoms in total. The lowest BCUT2D eigenvalue weighted by Crippen LogP contribution is -2.50. The Bertz CT molecular complexity index is 1340. The molecule has 1 amide bonds. The summed E-state index contributed by atoms with van der Waals surface area (Å²) in [4.78, 5) is 28.9. The van der Waals surface area contributed by atoms with E-state index in [-0.39, 0.29) is 18.4 Å². The summed E-state index contributed by atoms with van der Waals surface area (Å²) in [6.07, 6.45) is 15.7. The normalized spacial score (nSPS) is 20.0. The van der Waals surface area contributed by atoms with Crippen LogP contribution in [0.2, 0.25) is 5.02 Å². The maximum atomic E-state index is 13.2. The zero-order chi connectivity index (χ0) is 25.2. The van der Waals surface area contributed by atoms with Crippen LogP contribution in [0.1, 0.15) is 30.9 Å². The second kappa shape index (κ2) is 10.5. The van der Waals surface area contributed by atoms with Crippen LogP contribution in [0.3, 0.4) is 0 Å². The molecular weight excluding hydrogens is 486 g/mol. The molecule has 192 valence electrons. The number of hydrogen-bond acceptors (Lipinski definition) is 6. The fourth-order valence-corrected chi connectivity index (χ4v) is 5.81. The van der Waals surface area contributed by atoms with E-state index in [2.05, 4.69) is 38.3 Å². The Morgan fingerprint density at radius 2 is 1.86 bits per heavy atom. The van der Waals surface area contributed by atoms with Gasteiger partial charge in [-0.15, -0.1) is 0 Å². The minimum Gasteiger partial charge on any atom is -0.372 e. The molecule has 37 heavy (non-hydrogen) atoms. The monoisotopic (exact) mass is 517 g/mol. The highest BCUT2D eigenvalue weighted by molar-refractivity contribution is 6.33. The molecule has 1 aliphatic carbocycles. The second-order valence-corrected chi connectivity index (χ2v) is 10.3. The van der Waals surface area contributed by atoms with Gasteiger partial charge in [-0.25, -0.2) is 4.98 Å². The summed E-state index contributed by atoms with van der Waals surface area (Å²) in [5, 5.41) is 4.18. The van der Waals surface area contributed by atoms with Crippen LogP contribution in [0.5, 0.6) is 0 Å². The van der Waals surface area contributed by atoms with Crippen molar-refractivity contribution in [2.24, 2.45) is 0 Å². The Morgan fingerprint density at radius 1 is 1.05 bits per heavy atom. The topological polar surface area (TPSA) is 69.0 Å². The number of allylic oxidation sites excluding steroid dienone is 3. The number of anilines is 2. The molecule has 3 aliphatic rings. The van der Waals surface area contributed by atoms with Gasteiger partial charge >= 0.3 is 0 Å². The van der Waals surface area contributed by atoms with E-state index < -0.39 is 0 Å². The van der Waals surface area contributed by atoms with Gasteiger partial charge in [-0.05, 0) is 37.5 Å². The van der Waals surface area contributed by atoms with Gasteiger partial charge in [0.15, 0.2) is 5.65 Å². The number of amides is 1. The van der Waals surface area contributed by atoms with E-state index in [1.807, 2.05) is 39.8 Å². The molecule has 2 aromatic heterocycles. The van der Waals surface area contributed by atoms with Gasteiger partial charge in [-0.2, -0.15) is 0 Å². The van der Waals surface area contributed by atoms with Crippen molar-refractivity contribution < 1.29 is 4.79 Å². The number of nitrogens with zero attached hydrogens (tertiary/aromatic N) is 6. The van der Waals surface area contributed by atoms with Crippen LogP contribution in [0.25, 0.3) is 5.65 Å². The summed E-state index contributed by atoms with van der Waals surface area (Å²) in [6.45, 7) is 5.38. The van der Waals surface area contributed by atoms with Crippen LogP contribution in [-0.2, 0) is 4.79 Å². The van der Waals surface area contributed by atoms with Crippen molar-refractivity contribution in [3.05, 3.63) is 77.5 Å². The van der Waals surface area contributed by atoms with Crippen LogP contribution < -0.4 is 10.2 Å². The number of benzene rings is 1. The number of para-hydroxylation sites is 1. The molecule has 1 aromatic carbocycles. The molecule has 6 rings (SSSR count). The molecule has 2 aliphatic heterocycles. The van der Waals surface area contributed by atoms with Gasteiger partial charge in [0.1, 0.15) is 5.82 Å². The minimum absolute atomic E-state index is 0.0872. The zero-order valence-corrected chi connectivity index (χ0v) is 21.6. The van der Waals surface area contributed by atoms with Crippen molar-refractivity contribution in [2.45, 2.75) is 25.2 Å². The van der Waals surface area contributed by atoms with Gasteiger partial charge in [0.2, 0.25) is 5.91 Å². The maximum Gasteiger partial charge on any atom is 0.242 e. The van der Waals surface area contributed by atoms with E-state index in [0.29, 0.717) is 13.1 Å². The van der Waals surface area contributed by atoms with Crippen LogP contribution in [0, 0.1) is 0 Å². The van der Waals surface area contributed by atoms with E-state index in [4.69, 9.17) is 16.6 Å². The molecule has 0 saturated carbocycles. The highest BCUT2D eigenvalue weighted by Gasteiger charge is 2.25. The number of carbonyl (C=O) groups excluding carboxylic acids is 1. The molecule has 1 unspecified atom stereocenters. The summed E-state index contributed by atoms with van der Waals surface area (Å²) in [5.74, 6) is 1.11. The third kappa shape index (κ3) is 4.90. The lowest BCUT2D eigenvalue weighted by molar-refractivity contribution is -0.129. The van der Waals surface area contributed by atoms with Gasteiger partial charge in [0.05, 0.1) is 29.1 Å². The first-order valence-electron chi connectivity index (χ1n) is 13.1. The molecular formula is C28H32ClN7O. The Balaban J connectivity index is 1.12. The maximum absolute atomic E-state index is 13.2. The third-order valence-corrected chi connectivity index (χ3v) is 7.91. The Labute approximate surface area is 222 Å². The molecule has 4 heterocycles. The molecule has 2 fully saturated rings. The lowest BCUT2D eigenvalue weighted by atomic mass is 9.95. The van der Waals surface area contributed by atoms with Gasteiger partial charge in [0.25, 0.3) is 0 Å². The van der Waals surface area contributed by atoms with Crippen molar-refractivity contribution in [3.63, 3.8) is 0 Å². The Morgan fingerprint density at radius 3 is 2.62 bits per heavy atom. The molecule has 3 aromatic rings. The number of nitrogens with one attached hydrogen (secondary N) is 1. The van der Waals surface area contributed by atoms with Crippen molar-refractivity contribution >= 4 is 34.7 Å². The average Bonchev–Trinajstić information content (AvgIpc) is 3.61. The van der Waals surface area contributed by atoms with Crippen molar-refractivity contribution in [1.82, 2.24) is 24.2 Å². The fraction of sp³-hybridized carbons (Fsp3) is 0.393. The minimum atomic E-state index is 0.0872. The first-order valence-corrected chi connectivity index (χ1v) is 13.5. The third-order valence-electron chi connectivity index (χ3n) is 7.59. The summed E-state index contributed by atoms with van der Waals surface area (Å²) in [7, 11) is 0. The highest BCUT2D eigenvalue weighted by atomic mass is 35.5. The summed E-state index contributed by atoms with van der Waals surface area (Å²) >= 11 is 6.38. The Kier molecular flexibility index (Phi) is 6.74. The molecule has 9 heteroatoms. The van der Waals surface area contributed by atoms with Gasteiger partial charge in [-0.1, -0.05) is 35.9 Å². The number of aromatic nitrogens is 3. The van der Waals surface area contributed by atoms with Crippen LogP contribution >= 0.6 is 11.6 Å². The largest absolute Gasteiger partial charge is 0.372 e. The second-order valence-electron chi connectivity index (χ2n) is 9.85. The standard InChI is InChI=1S/C28H32ClN7O/c29-23-5-1-2-6-24(23)34-15-17-35(18-16-34)26(37)20-31-28-27(32-25-19-30-11-14-36(25)28)21-7-9-22(10-8-21)33-12-3-4-13-33/h1-2,5-7,9-11,14,19,21,31H,3-4,8,12-13,15-18,20H2. The molecule has 2 saturated heterocycles. The smallest absolute Gasteiger partial charge is 0.242 e. The Hall–Kier alpha value is -3.52. The van der Waals surface area contributed by atoms with Crippen molar-refractivity contribution in [2.75, 3.05) is 56.0 Å². The highest BCUT2D eigenvalue weighted by Crippen LogP contribution is 2.33. The average molecular weight is 518 g/mol. The quantitative estimate of drug-likeness (QED) is 0.529. The first kappa shape index (κ1) is 23.9. The zero-order valence-electron chi connectivity index (χ0n) is 20.9. The predicted octanol–water partition coefficient (Wildman–Crippen LogP) is 4.17. The summed E-state index contributed by atoms with van der Waals surface area (Å²) in [6, 6.07) is 7.88. The molecule has 1 atom stereocenters. The predicted molar refractivity (Wildman–Crippen MR) is 147 cm³/mol. The van der Waals surface area contributed by atoms with Crippen LogP contribution in [-0.4, -0.2) is 75.9 Å². The van der Waals surface area contributed by atoms with Crippen molar-refractivity contribution in [1.29, 1.82) is 0 Å². The van der Waals surface area contributed by atoms with E-state index in [1.54, 1.807) is 12.4 Å². The lowest BCUT2D eigenvalue weighted by Gasteiger charge is -2.36. The number of likely N-dealkylation sites (tertiary alicyclic amines) is 1. The van der Waals surface area contributed by atoms with E-state index in [0.717, 1.165) is 60.5 Å². The number of rotatable bonds is 6. The number of carbonyl (C=O) groups is 1. The molecule has 0 spiro atoms. The SMILES string of the molecule is O=C(CNc1c(C2C=CC(N3CCCC3)=CC2)nc2cnccn12)N1CCN(c2ccccc2Cl)CC1.